The summed E-state index contributed by atoms with van der Waals surface area (Å²) < 4.78 is 23.0. The van der Waals surface area contributed by atoms with Gasteiger partial charge in [-0.05, 0) is 32.8 Å². The third kappa shape index (κ3) is 8.50. The first-order valence-corrected chi connectivity index (χ1v) is 10.4. The van der Waals surface area contributed by atoms with Gasteiger partial charge in [0.25, 0.3) is 0 Å². The fourth-order valence-corrected chi connectivity index (χ4v) is 3.81. The second kappa shape index (κ2) is 12.0. The molecule has 0 spiro atoms. The Morgan fingerprint density at radius 3 is 2.32 bits per heavy atom. The van der Waals surface area contributed by atoms with Gasteiger partial charge in [0.15, 0.2) is 0 Å². The van der Waals surface area contributed by atoms with Crippen LogP contribution in [0.2, 0.25) is 0 Å². The zero-order valence-corrected chi connectivity index (χ0v) is 16.2. The zero-order valence-electron chi connectivity index (χ0n) is 15.3. The van der Waals surface area contributed by atoms with Crippen molar-refractivity contribution in [2.75, 3.05) is 32.5 Å². The van der Waals surface area contributed by atoms with Crippen molar-refractivity contribution in [3.05, 3.63) is 35.9 Å². The van der Waals surface area contributed by atoms with Crippen molar-refractivity contribution in [1.29, 1.82) is 0 Å². The molecular weight excluding hydrogens is 343 g/mol. The molecule has 0 aliphatic carbocycles. The van der Waals surface area contributed by atoms with E-state index in [1.807, 2.05) is 37.3 Å². The van der Waals surface area contributed by atoms with Gasteiger partial charge in [-0.15, -0.1) is 0 Å². The molecule has 2 amide bonds. The van der Waals surface area contributed by atoms with Crippen LogP contribution in [-0.2, 0) is 25.1 Å². The molecule has 0 saturated heterocycles. The summed E-state index contributed by atoms with van der Waals surface area (Å²) >= 11 is 0. The Morgan fingerprint density at radius 1 is 1.12 bits per heavy atom. The van der Waals surface area contributed by atoms with Crippen LogP contribution in [0, 0.1) is 0 Å². The van der Waals surface area contributed by atoms with Gasteiger partial charge in [0.1, 0.15) is 6.61 Å². The molecule has 0 atom stereocenters. The van der Waals surface area contributed by atoms with E-state index in [9.17, 15) is 9.36 Å². The lowest BCUT2D eigenvalue weighted by Gasteiger charge is -2.23. The predicted octanol–water partition coefficient (Wildman–Crippen LogP) is 3.81. The third-order valence-electron chi connectivity index (χ3n) is 3.23. The Kier molecular flexibility index (Phi) is 10.4. The van der Waals surface area contributed by atoms with E-state index >= 15 is 0 Å². The smallest absolute Gasteiger partial charge is 0.336 e. The molecule has 0 bridgehead atoms. The van der Waals surface area contributed by atoms with Crippen LogP contribution in [0.15, 0.2) is 30.3 Å². The second-order valence-electron chi connectivity index (χ2n) is 5.22. The van der Waals surface area contributed by atoms with Crippen molar-refractivity contribution in [1.82, 2.24) is 10.4 Å². The molecule has 0 aromatic heterocycles. The van der Waals surface area contributed by atoms with Crippen LogP contribution in [0.3, 0.4) is 0 Å². The molecule has 1 aromatic carbocycles. The van der Waals surface area contributed by atoms with Crippen LogP contribution in [0.5, 0.6) is 0 Å². The number of rotatable bonds is 12. The van der Waals surface area contributed by atoms with Crippen LogP contribution < -0.4 is 5.32 Å². The number of benzene rings is 1. The molecule has 0 aliphatic rings. The van der Waals surface area contributed by atoms with Gasteiger partial charge in [0, 0.05) is 6.54 Å². The fraction of sp³-hybridized carbons (Fsp3) is 0.588. The first-order chi connectivity index (χ1) is 12.0. The molecule has 1 N–H and O–H groups in total. The number of carbonyl (C=O) groups excluding carboxylic acids is 1. The minimum Gasteiger partial charge on any atom is -0.336 e. The van der Waals surface area contributed by atoms with Crippen molar-refractivity contribution in [3.63, 3.8) is 0 Å². The zero-order chi connectivity index (χ0) is 18.5. The highest BCUT2D eigenvalue weighted by atomic mass is 31.2. The maximum Gasteiger partial charge on any atom is 0.341 e. The maximum absolute atomic E-state index is 12.5. The molecule has 0 fully saturated rings. The Bertz CT molecular complexity index is 531. The van der Waals surface area contributed by atoms with Gasteiger partial charge in [0.2, 0.25) is 0 Å². The molecule has 0 heterocycles. The van der Waals surface area contributed by atoms with Gasteiger partial charge >= 0.3 is 13.6 Å². The highest BCUT2D eigenvalue weighted by molar-refractivity contribution is 7.53. The number of hydrogen-bond acceptors (Lipinski definition) is 5. The van der Waals surface area contributed by atoms with Gasteiger partial charge in [-0.1, -0.05) is 30.3 Å². The molecule has 25 heavy (non-hydrogen) atoms. The number of nitrogens with zero attached hydrogens (tertiary/aromatic N) is 1. The Morgan fingerprint density at radius 2 is 1.76 bits per heavy atom. The minimum atomic E-state index is -3.11. The average Bonchev–Trinajstić information content (AvgIpc) is 2.59. The molecule has 0 radical (unpaired) electrons. The normalized spacial score (nSPS) is 11.3. The van der Waals surface area contributed by atoms with Crippen molar-refractivity contribution < 1.29 is 23.2 Å². The molecule has 1 rings (SSSR count). The summed E-state index contributed by atoms with van der Waals surface area (Å²) in [6.07, 6.45) is 0.683. The number of hydrogen-bond donors (Lipinski definition) is 1. The topological polar surface area (TPSA) is 77.1 Å². The molecule has 0 aliphatic heterocycles. The van der Waals surface area contributed by atoms with E-state index in [2.05, 4.69) is 5.32 Å². The van der Waals surface area contributed by atoms with Crippen molar-refractivity contribution in [3.8, 4) is 0 Å². The fourth-order valence-electron chi connectivity index (χ4n) is 2.16. The number of urea groups is 1. The van der Waals surface area contributed by atoms with Crippen LogP contribution in [0.25, 0.3) is 0 Å². The summed E-state index contributed by atoms with van der Waals surface area (Å²) in [6, 6.07) is 9.28. The lowest BCUT2D eigenvalue weighted by atomic mass is 10.2. The quantitative estimate of drug-likeness (QED) is 0.446. The maximum atomic E-state index is 12.5. The van der Waals surface area contributed by atoms with Gasteiger partial charge in [-0.2, -0.15) is 0 Å². The highest BCUT2D eigenvalue weighted by Crippen LogP contribution is 2.48. The van der Waals surface area contributed by atoms with Gasteiger partial charge in [-0.3, -0.25) is 9.40 Å². The second-order valence-corrected chi connectivity index (χ2v) is 7.41. The largest absolute Gasteiger partial charge is 0.341 e. The van der Waals surface area contributed by atoms with Gasteiger partial charge < -0.3 is 14.4 Å². The molecule has 0 saturated carbocycles. The van der Waals surface area contributed by atoms with E-state index in [-0.39, 0.29) is 18.8 Å². The summed E-state index contributed by atoms with van der Waals surface area (Å²) in [4.78, 5) is 17.8. The third-order valence-corrected chi connectivity index (χ3v) is 5.40. The summed E-state index contributed by atoms with van der Waals surface area (Å²) in [5, 5.41) is 3.97. The molecular formula is C17H29N2O5P. The Hall–Kier alpha value is -1.40. The minimum absolute atomic E-state index is 0.235. The molecule has 1 aromatic rings. The molecule has 0 unspecified atom stereocenters. The summed E-state index contributed by atoms with van der Waals surface area (Å²) in [5.41, 5.74) is 0.964. The lowest BCUT2D eigenvalue weighted by Crippen LogP contribution is -2.40. The van der Waals surface area contributed by atoms with E-state index in [0.717, 1.165) is 5.56 Å². The molecule has 142 valence electrons. The van der Waals surface area contributed by atoms with E-state index in [1.165, 1.54) is 5.06 Å². The average molecular weight is 372 g/mol. The van der Waals surface area contributed by atoms with E-state index in [4.69, 9.17) is 13.9 Å². The molecule has 7 nitrogen and oxygen atoms in total. The Labute approximate surface area is 150 Å². The van der Waals surface area contributed by atoms with E-state index < -0.39 is 7.60 Å². The van der Waals surface area contributed by atoms with Crippen molar-refractivity contribution in [2.45, 2.75) is 33.8 Å². The van der Waals surface area contributed by atoms with Crippen LogP contribution in [0.1, 0.15) is 32.8 Å². The van der Waals surface area contributed by atoms with E-state index in [1.54, 1.807) is 13.8 Å². The SMILES string of the molecule is CCNC(=O)N(CCCP(=O)(OCC)OCC)OCc1ccccc1. The highest BCUT2D eigenvalue weighted by Gasteiger charge is 2.24. The monoisotopic (exact) mass is 372 g/mol. The summed E-state index contributed by atoms with van der Waals surface area (Å²) in [5.74, 6) is 0. The van der Waals surface area contributed by atoms with Crippen LogP contribution in [0.4, 0.5) is 4.79 Å². The van der Waals surface area contributed by atoms with Gasteiger partial charge in [0.05, 0.1) is 25.9 Å². The van der Waals surface area contributed by atoms with E-state index in [0.29, 0.717) is 32.7 Å². The number of hydroxylamine groups is 2. The van der Waals surface area contributed by atoms with Crippen LogP contribution in [-0.4, -0.2) is 43.6 Å². The standard InChI is InChI=1S/C17H29N2O5P/c1-4-18-17(20)19(22-15-16-11-8-7-9-12-16)13-10-14-25(21,23-5-2)24-6-3/h7-9,11-12H,4-6,10,13-15H2,1-3H3,(H,18,20). The lowest BCUT2D eigenvalue weighted by molar-refractivity contribution is -0.128. The van der Waals surface area contributed by atoms with Crippen molar-refractivity contribution in [2.24, 2.45) is 0 Å². The first kappa shape index (κ1) is 21.6. The first-order valence-electron chi connectivity index (χ1n) is 8.65. The number of nitrogens with one attached hydrogen (secondary N) is 1. The van der Waals surface area contributed by atoms with Crippen molar-refractivity contribution >= 4 is 13.6 Å². The Balaban J connectivity index is 2.58. The summed E-state index contributed by atoms with van der Waals surface area (Å²) in [6.45, 7) is 7.11. The summed E-state index contributed by atoms with van der Waals surface area (Å²) in [7, 11) is -3.11. The number of carbonyl (C=O) groups is 1. The number of amides is 2. The van der Waals surface area contributed by atoms with Crippen LogP contribution >= 0.6 is 7.60 Å². The molecule has 8 heteroatoms. The predicted molar refractivity (Wildman–Crippen MR) is 97.4 cm³/mol. The van der Waals surface area contributed by atoms with Gasteiger partial charge in [-0.25, -0.2) is 9.86 Å².